The van der Waals surface area contributed by atoms with Crippen molar-refractivity contribution in [3.8, 4) is 0 Å². The first-order valence-corrected chi connectivity index (χ1v) is 6.20. The molecule has 0 bridgehead atoms. The first-order valence-electron chi connectivity index (χ1n) is 6.20. The summed E-state index contributed by atoms with van der Waals surface area (Å²) in [7, 11) is 0. The Morgan fingerprint density at radius 3 is 2.89 bits per heavy atom. The van der Waals surface area contributed by atoms with E-state index in [-0.39, 0.29) is 11.9 Å². The van der Waals surface area contributed by atoms with Crippen molar-refractivity contribution in [2.75, 3.05) is 6.61 Å². The van der Waals surface area contributed by atoms with Gasteiger partial charge in [-0.25, -0.2) is 4.79 Å². The summed E-state index contributed by atoms with van der Waals surface area (Å²) < 4.78 is 5.16. The second-order valence-corrected chi connectivity index (χ2v) is 4.79. The smallest absolute Gasteiger partial charge is 0.334 e. The Morgan fingerprint density at radius 1 is 1.39 bits per heavy atom. The Balaban J connectivity index is 2.00. The lowest BCUT2D eigenvalue weighted by molar-refractivity contribution is -0.142. The van der Waals surface area contributed by atoms with Gasteiger partial charge < -0.3 is 4.74 Å². The van der Waals surface area contributed by atoms with Crippen LogP contribution in [0.3, 0.4) is 0 Å². The van der Waals surface area contributed by atoms with Crippen molar-refractivity contribution >= 4 is 11.7 Å². The SMILES string of the molecule is C=C[C@@H]1COC(=O)[C@]12CCC(c1ccccc1)=N2. The Labute approximate surface area is 106 Å². The molecule has 18 heavy (non-hydrogen) atoms. The molecule has 1 spiro atoms. The van der Waals surface area contributed by atoms with Crippen LogP contribution < -0.4 is 0 Å². The average molecular weight is 241 g/mol. The third kappa shape index (κ3) is 1.50. The molecule has 1 aromatic rings. The molecule has 3 nitrogen and oxygen atoms in total. The zero-order chi connectivity index (χ0) is 12.6. The predicted octanol–water partition coefficient (Wildman–Crippen LogP) is 2.37. The van der Waals surface area contributed by atoms with E-state index in [2.05, 4.69) is 6.58 Å². The molecule has 1 saturated heterocycles. The van der Waals surface area contributed by atoms with E-state index in [0.717, 1.165) is 24.1 Å². The second kappa shape index (κ2) is 4.09. The van der Waals surface area contributed by atoms with E-state index in [9.17, 15) is 4.79 Å². The average Bonchev–Trinajstić information content (AvgIpc) is 2.98. The first kappa shape index (κ1) is 11.2. The van der Waals surface area contributed by atoms with E-state index >= 15 is 0 Å². The lowest BCUT2D eigenvalue weighted by Gasteiger charge is -2.19. The van der Waals surface area contributed by atoms with Gasteiger partial charge in [-0.1, -0.05) is 36.4 Å². The van der Waals surface area contributed by atoms with Crippen LogP contribution in [-0.2, 0) is 9.53 Å². The Kier molecular flexibility index (Phi) is 2.54. The molecule has 2 heterocycles. The van der Waals surface area contributed by atoms with E-state index in [0.29, 0.717) is 6.61 Å². The van der Waals surface area contributed by atoms with Crippen molar-refractivity contribution < 1.29 is 9.53 Å². The van der Waals surface area contributed by atoms with Gasteiger partial charge in [0, 0.05) is 11.6 Å². The van der Waals surface area contributed by atoms with Crippen LogP contribution in [-0.4, -0.2) is 23.8 Å². The fourth-order valence-corrected chi connectivity index (χ4v) is 2.76. The van der Waals surface area contributed by atoms with Crippen molar-refractivity contribution in [2.24, 2.45) is 10.9 Å². The summed E-state index contributed by atoms with van der Waals surface area (Å²) in [4.78, 5) is 16.7. The molecule has 2 atom stereocenters. The molecule has 0 unspecified atom stereocenters. The standard InChI is InChI=1S/C15H15NO2/c1-2-12-10-18-14(17)15(12)9-8-13(16-15)11-6-4-3-5-7-11/h2-7,12H,1,8-10H2/t12-,15+/m1/s1. The molecule has 3 heteroatoms. The van der Waals surface area contributed by atoms with Gasteiger partial charge in [-0.15, -0.1) is 6.58 Å². The minimum absolute atomic E-state index is 0.00575. The number of carbonyl (C=O) groups excluding carboxylic acids is 1. The summed E-state index contributed by atoms with van der Waals surface area (Å²) in [5.74, 6) is -0.190. The van der Waals surface area contributed by atoms with Gasteiger partial charge in [0.25, 0.3) is 0 Å². The lowest BCUT2D eigenvalue weighted by atomic mass is 9.85. The molecule has 1 aromatic carbocycles. The molecule has 0 aromatic heterocycles. The number of carbonyl (C=O) groups is 1. The van der Waals surface area contributed by atoms with Gasteiger partial charge in [-0.3, -0.25) is 4.99 Å². The second-order valence-electron chi connectivity index (χ2n) is 4.79. The van der Waals surface area contributed by atoms with Gasteiger partial charge in [0.2, 0.25) is 0 Å². The number of rotatable bonds is 2. The van der Waals surface area contributed by atoms with Gasteiger partial charge in [0.15, 0.2) is 5.54 Å². The number of ether oxygens (including phenoxy) is 1. The summed E-state index contributed by atoms with van der Waals surface area (Å²) in [5, 5.41) is 0. The molecular formula is C15H15NO2. The molecule has 0 radical (unpaired) electrons. The Bertz CT molecular complexity index is 521. The number of nitrogens with zero attached hydrogens (tertiary/aromatic N) is 1. The minimum atomic E-state index is -0.701. The molecule has 3 rings (SSSR count). The summed E-state index contributed by atoms with van der Waals surface area (Å²) in [6, 6.07) is 10.0. The van der Waals surface area contributed by atoms with E-state index in [1.165, 1.54) is 0 Å². The van der Waals surface area contributed by atoms with Crippen molar-refractivity contribution in [1.82, 2.24) is 0 Å². The number of hydrogen-bond acceptors (Lipinski definition) is 3. The van der Waals surface area contributed by atoms with Crippen molar-refractivity contribution in [3.05, 3.63) is 48.6 Å². The molecular weight excluding hydrogens is 226 g/mol. The molecule has 1 fully saturated rings. The number of cyclic esters (lactones) is 1. The van der Waals surface area contributed by atoms with Crippen molar-refractivity contribution in [1.29, 1.82) is 0 Å². The fourth-order valence-electron chi connectivity index (χ4n) is 2.76. The molecule has 0 aliphatic carbocycles. The number of hydrogen-bond donors (Lipinski definition) is 0. The number of benzene rings is 1. The fraction of sp³-hybridized carbons (Fsp3) is 0.333. The van der Waals surface area contributed by atoms with Crippen LogP contribution in [0.25, 0.3) is 0 Å². The highest BCUT2D eigenvalue weighted by molar-refractivity contribution is 6.05. The molecule has 0 saturated carbocycles. The van der Waals surface area contributed by atoms with E-state index < -0.39 is 5.54 Å². The molecule has 2 aliphatic heterocycles. The monoisotopic (exact) mass is 241 g/mol. The number of aliphatic imine (C=N–C) groups is 1. The third-order valence-corrected chi connectivity index (χ3v) is 3.83. The van der Waals surface area contributed by atoms with Crippen LogP contribution in [0, 0.1) is 5.92 Å². The highest BCUT2D eigenvalue weighted by atomic mass is 16.5. The minimum Gasteiger partial charge on any atom is -0.463 e. The zero-order valence-electron chi connectivity index (χ0n) is 10.1. The van der Waals surface area contributed by atoms with Crippen LogP contribution in [0.2, 0.25) is 0 Å². The van der Waals surface area contributed by atoms with Crippen molar-refractivity contribution in [2.45, 2.75) is 18.4 Å². The van der Waals surface area contributed by atoms with E-state index in [1.807, 2.05) is 30.3 Å². The maximum Gasteiger partial charge on any atom is 0.334 e. The van der Waals surface area contributed by atoms with Gasteiger partial charge in [0.05, 0.1) is 0 Å². The largest absolute Gasteiger partial charge is 0.463 e. The lowest BCUT2D eigenvalue weighted by Crippen LogP contribution is -2.35. The van der Waals surface area contributed by atoms with Gasteiger partial charge in [0.1, 0.15) is 6.61 Å². The van der Waals surface area contributed by atoms with Crippen molar-refractivity contribution in [3.63, 3.8) is 0 Å². The maximum absolute atomic E-state index is 12.0. The number of esters is 1. The normalized spacial score (nSPS) is 30.3. The highest BCUT2D eigenvalue weighted by Crippen LogP contribution is 2.40. The molecule has 2 aliphatic rings. The summed E-state index contributed by atoms with van der Waals surface area (Å²) in [5.41, 5.74) is 1.39. The first-order chi connectivity index (χ1) is 8.76. The molecule has 92 valence electrons. The zero-order valence-corrected chi connectivity index (χ0v) is 10.1. The van der Waals surface area contributed by atoms with Gasteiger partial charge in [-0.2, -0.15) is 0 Å². The summed E-state index contributed by atoms with van der Waals surface area (Å²) >= 11 is 0. The quantitative estimate of drug-likeness (QED) is 0.589. The van der Waals surface area contributed by atoms with Crippen LogP contribution in [0.15, 0.2) is 48.0 Å². The van der Waals surface area contributed by atoms with Gasteiger partial charge in [-0.05, 0) is 18.4 Å². The van der Waals surface area contributed by atoms with E-state index in [4.69, 9.17) is 9.73 Å². The van der Waals surface area contributed by atoms with Crippen LogP contribution >= 0.6 is 0 Å². The van der Waals surface area contributed by atoms with Crippen LogP contribution in [0.1, 0.15) is 18.4 Å². The van der Waals surface area contributed by atoms with Gasteiger partial charge >= 0.3 is 5.97 Å². The Morgan fingerprint density at radius 2 is 2.17 bits per heavy atom. The molecule has 0 amide bonds. The Hall–Kier alpha value is -1.90. The highest BCUT2D eigenvalue weighted by Gasteiger charge is 2.53. The summed E-state index contributed by atoms with van der Waals surface area (Å²) in [6.07, 6.45) is 3.35. The maximum atomic E-state index is 12.0. The van der Waals surface area contributed by atoms with Crippen LogP contribution in [0.4, 0.5) is 0 Å². The molecule has 0 N–H and O–H groups in total. The van der Waals surface area contributed by atoms with Crippen LogP contribution in [0.5, 0.6) is 0 Å². The van der Waals surface area contributed by atoms with E-state index in [1.54, 1.807) is 6.08 Å². The third-order valence-electron chi connectivity index (χ3n) is 3.83. The topological polar surface area (TPSA) is 38.7 Å². The summed E-state index contributed by atoms with van der Waals surface area (Å²) in [6.45, 7) is 4.20. The predicted molar refractivity (Wildman–Crippen MR) is 69.6 cm³/mol.